The normalized spacial score (nSPS) is 19.4. The van der Waals surface area contributed by atoms with Crippen LogP contribution < -0.4 is 0 Å². The highest BCUT2D eigenvalue weighted by molar-refractivity contribution is 8.77. The molecule has 1 saturated heterocycles. The van der Waals surface area contributed by atoms with Crippen molar-refractivity contribution in [1.29, 1.82) is 5.26 Å². The first-order chi connectivity index (χ1) is 13.2. The van der Waals surface area contributed by atoms with Crippen LogP contribution in [0.4, 0.5) is 0 Å². The topological polar surface area (TPSA) is 45.5 Å². The van der Waals surface area contributed by atoms with Gasteiger partial charge in [-0.05, 0) is 48.5 Å². The van der Waals surface area contributed by atoms with E-state index in [1.807, 2.05) is 39.8 Å². The highest BCUT2D eigenvalue weighted by atomic mass is 33.1. The third kappa shape index (κ3) is 9.03. The highest BCUT2D eigenvalue weighted by Gasteiger charge is 2.41. The molecule has 0 spiro atoms. The molecule has 0 aliphatic carbocycles. The Labute approximate surface area is 181 Å². The molecule has 28 heavy (non-hydrogen) atoms. The Balaban J connectivity index is 0.000000467. The molecule has 2 atom stereocenters. The third-order valence-corrected chi connectivity index (χ3v) is 9.53. The zero-order chi connectivity index (χ0) is 21.2. The predicted molar refractivity (Wildman–Crippen MR) is 125 cm³/mol. The number of hydrogen-bond acceptors (Lipinski definition) is 6. The summed E-state index contributed by atoms with van der Waals surface area (Å²) >= 11 is 0. The Morgan fingerprint density at radius 1 is 1.21 bits per heavy atom. The number of hydrogen-bond donors (Lipinski definition) is 0. The maximum Gasteiger partial charge on any atom is 0.259 e. The van der Waals surface area contributed by atoms with E-state index in [0.717, 1.165) is 5.75 Å². The Kier molecular flexibility index (Phi) is 12.1. The Bertz CT molecular complexity index is 586. The van der Waals surface area contributed by atoms with Crippen molar-refractivity contribution in [2.45, 2.75) is 77.8 Å². The SMILES string of the molecule is CC(C)N(C(C)C)P(OCCC#N)OC1CSSC1(C)C.Cc1ccccc1. The average Bonchev–Trinajstić information content (AvgIpc) is 2.94. The van der Waals surface area contributed by atoms with Crippen LogP contribution in [0.5, 0.6) is 0 Å². The maximum atomic E-state index is 8.72. The van der Waals surface area contributed by atoms with E-state index in [1.54, 1.807) is 0 Å². The molecule has 1 aliphatic rings. The molecule has 0 radical (unpaired) electrons. The van der Waals surface area contributed by atoms with Gasteiger partial charge in [-0.3, -0.25) is 0 Å². The first-order valence-corrected chi connectivity index (χ1v) is 13.2. The summed E-state index contributed by atoms with van der Waals surface area (Å²) < 4.78 is 14.7. The van der Waals surface area contributed by atoms with Crippen molar-refractivity contribution in [1.82, 2.24) is 4.67 Å². The quantitative estimate of drug-likeness (QED) is 0.250. The van der Waals surface area contributed by atoms with Gasteiger partial charge < -0.3 is 9.05 Å². The molecule has 0 saturated carbocycles. The fourth-order valence-electron chi connectivity index (χ4n) is 2.60. The summed E-state index contributed by atoms with van der Waals surface area (Å²) in [5, 5.41) is 8.72. The van der Waals surface area contributed by atoms with Gasteiger partial charge in [0.05, 0.1) is 25.2 Å². The van der Waals surface area contributed by atoms with E-state index in [2.05, 4.69) is 71.3 Å². The maximum absolute atomic E-state index is 8.72. The van der Waals surface area contributed by atoms with Gasteiger partial charge in [-0.1, -0.05) is 57.5 Å². The molecular formula is C21H35N2O2PS2. The van der Waals surface area contributed by atoms with E-state index in [0.29, 0.717) is 25.1 Å². The standard InChI is InChI=1S/C14H27N2O2PS2.C7H8/c1-11(2)16(12(3)4)19(17-9-7-8-15)18-13-10-20-21-14(13,5)6;1-7-5-3-2-4-6-7/h11-13H,7,9-10H2,1-6H3;2-6H,1H3. The van der Waals surface area contributed by atoms with Crippen molar-refractivity contribution in [3.8, 4) is 6.07 Å². The number of nitrogens with zero attached hydrogens (tertiary/aromatic N) is 2. The van der Waals surface area contributed by atoms with Crippen LogP contribution in [0, 0.1) is 18.3 Å². The molecular weight excluding hydrogens is 407 g/mol. The molecule has 0 amide bonds. The van der Waals surface area contributed by atoms with Crippen LogP contribution in [-0.4, -0.2) is 40.0 Å². The van der Waals surface area contributed by atoms with Crippen molar-refractivity contribution in [3.05, 3.63) is 35.9 Å². The number of nitriles is 1. The van der Waals surface area contributed by atoms with Gasteiger partial charge in [-0.15, -0.1) is 0 Å². The molecule has 0 bridgehead atoms. The van der Waals surface area contributed by atoms with Crippen molar-refractivity contribution in [2.24, 2.45) is 0 Å². The molecule has 2 unspecified atom stereocenters. The van der Waals surface area contributed by atoms with E-state index in [-0.39, 0.29) is 10.9 Å². The summed E-state index contributed by atoms with van der Waals surface area (Å²) in [5.41, 5.74) is 1.32. The minimum atomic E-state index is -1.13. The van der Waals surface area contributed by atoms with Crippen LogP contribution in [0.2, 0.25) is 0 Å². The van der Waals surface area contributed by atoms with Crippen molar-refractivity contribution in [3.63, 3.8) is 0 Å². The van der Waals surface area contributed by atoms with Crippen molar-refractivity contribution >= 4 is 30.1 Å². The summed E-state index contributed by atoms with van der Waals surface area (Å²) in [5.74, 6) is 0.988. The van der Waals surface area contributed by atoms with E-state index in [4.69, 9.17) is 14.3 Å². The molecule has 1 aromatic rings. The molecule has 2 rings (SSSR count). The monoisotopic (exact) mass is 442 g/mol. The van der Waals surface area contributed by atoms with Crippen LogP contribution in [0.15, 0.2) is 30.3 Å². The smallest absolute Gasteiger partial charge is 0.259 e. The molecule has 0 aromatic heterocycles. The second-order valence-corrected chi connectivity index (χ2v) is 12.2. The van der Waals surface area contributed by atoms with Crippen molar-refractivity contribution in [2.75, 3.05) is 12.4 Å². The van der Waals surface area contributed by atoms with Gasteiger partial charge in [0.1, 0.15) is 0 Å². The molecule has 1 aliphatic heterocycles. The van der Waals surface area contributed by atoms with E-state index in [1.165, 1.54) is 5.56 Å². The largest absolute Gasteiger partial charge is 0.321 e. The Morgan fingerprint density at radius 3 is 2.21 bits per heavy atom. The lowest BCUT2D eigenvalue weighted by atomic mass is 10.1. The molecule has 0 N–H and O–H groups in total. The van der Waals surface area contributed by atoms with Gasteiger partial charge in [-0.25, -0.2) is 4.67 Å². The van der Waals surface area contributed by atoms with E-state index < -0.39 is 8.53 Å². The highest BCUT2D eigenvalue weighted by Crippen LogP contribution is 2.55. The zero-order valence-corrected chi connectivity index (χ0v) is 20.7. The third-order valence-electron chi connectivity index (χ3n) is 4.09. The van der Waals surface area contributed by atoms with Crippen LogP contribution in [0.3, 0.4) is 0 Å². The molecule has 4 nitrogen and oxygen atoms in total. The number of aryl methyl sites for hydroxylation is 1. The molecule has 1 heterocycles. The Morgan fingerprint density at radius 2 is 1.82 bits per heavy atom. The fourth-order valence-corrected chi connectivity index (χ4v) is 7.76. The van der Waals surface area contributed by atoms with Crippen LogP contribution in [0.1, 0.15) is 53.5 Å². The minimum Gasteiger partial charge on any atom is -0.321 e. The van der Waals surface area contributed by atoms with Gasteiger partial charge in [0.25, 0.3) is 8.53 Å². The summed E-state index contributed by atoms with van der Waals surface area (Å²) in [6.07, 6.45) is 0.588. The first-order valence-electron chi connectivity index (χ1n) is 9.76. The summed E-state index contributed by atoms with van der Waals surface area (Å²) in [6.45, 7) is 15.6. The van der Waals surface area contributed by atoms with E-state index >= 15 is 0 Å². The zero-order valence-electron chi connectivity index (χ0n) is 18.2. The second-order valence-electron chi connectivity index (χ2n) is 7.77. The lowest BCUT2D eigenvalue weighted by molar-refractivity contribution is 0.129. The minimum absolute atomic E-state index is 0.101. The average molecular weight is 443 g/mol. The summed E-state index contributed by atoms with van der Waals surface area (Å²) in [7, 11) is 2.62. The lowest BCUT2D eigenvalue weighted by Crippen LogP contribution is -2.38. The Hall–Kier alpha value is -0.280. The van der Waals surface area contributed by atoms with Crippen LogP contribution in [-0.2, 0) is 9.05 Å². The molecule has 158 valence electrons. The fraction of sp³-hybridized carbons (Fsp3) is 0.667. The molecule has 7 heteroatoms. The van der Waals surface area contributed by atoms with Crippen LogP contribution >= 0.6 is 30.1 Å². The van der Waals surface area contributed by atoms with Crippen molar-refractivity contribution < 1.29 is 9.05 Å². The van der Waals surface area contributed by atoms with Crippen LogP contribution in [0.25, 0.3) is 0 Å². The van der Waals surface area contributed by atoms with Gasteiger partial charge in [0, 0.05) is 22.6 Å². The molecule has 1 aromatic carbocycles. The van der Waals surface area contributed by atoms with Gasteiger partial charge >= 0.3 is 0 Å². The number of benzene rings is 1. The lowest BCUT2D eigenvalue weighted by Gasteiger charge is -2.38. The molecule has 1 fully saturated rings. The van der Waals surface area contributed by atoms with E-state index in [9.17, 15) is 0 Å². The second kappa shape index (κ2) is 13.1. The number of rotatable bonds is 8. The van der Waals surface area contributed by atoms with Gasteiger partial charge in [0.15, 0.2) is 0 Å². The summed E-state index contributed by atoms with van der Waals surface area (Å²) in [4.78, 5) is 0. The van der Waals surface area contributed by atoms with Gasteiger partial charge in [0.2, 0.25) is 0 Å². The first kappa shape index (κ1) is 25.8. The summed E-state index contributed by atoms with van der Waals surface area (Å²) in [6, 6.07) is 13.1. The van der Waals surface area contributed by atoms with Gasteiger partial charge in [-0.2, -0.15) is 5.26 Å². The predicted octanol–water partition coefficient (Wildman–Crippen LogP) is 6.82.